The van der Waals surface area contributed by atoms with Crippen molar-refractivity contribution in [1.82, 2.24) is 5.32 Å². The molecule has 0 bridgehead atoms. The number of fused-ring (bicyclic) bond motifs is 1. The molecule has 2 rings (SSSR count). The lowest BCUT2D eigenvalue weighted by Crippen LogP contribution is -2.40. The van der Waals surface area contributed by atoms with Gasteiger partial charge in [0.15, 0.2) is 0 Å². The molecule has 0 saturated heterocycles. The average Bonchev–Trinajstić information content (AvgIpc) is 2.69. The largest absolute Gasteiger partial charge is 0.508 e. The maximum absolute atomic E-state index is 12.6. The third-order valence-electron chi connectivity index (χ3n) is 4.48. The number of rotatable bonds is 5. The van der Waals surface area contributed by atoms with E-state index in [1.54, 1.807) is 37.2 Å². The van der Waals surface area contributed by atoms with Crippen molar-refractivity contribution in [1.29, 1.82) is 0 Å². The fourth-order valence-electron chi connectivity index (χ4n) is 3.05. The molecule has 0 aromatic heterocycles. The zero-order valence-electron chi connectivity index (χ0n) is 13.3. The number of ether oxygens (including phenoxy) is 1. The van der Waals surface area contributed by atoms with Gasteiger partial charge >= 0.3 is 5.97 Å². The number of hydrogen-bond donors (Lipinski definition) is 2. The van der Waals surface area contributed by atoms with E-state index in [-0.39, 0.29) is 17.6 Å². The van der Waals surface area contributed by atoms with Crippen molar-refractivity contribution >= 4 is 17.6 Å². The summed E-state index contributed by atoms with van der Waals surface area (Å²) in [6.45, 7) is 1.85. The molecule has 1 aromatic carbocycles. The summed E-state index contributed by atoms with van der Waals surface area (Å²) in [6, 6.07) is 4.48. The molecule has 1 heterocycles. The third-order valence-corrected chi connectivity index (χ3v) is 4.48. The number of aromatic hydroxyl groups is 1. The summed E-state index contributed by atoms with van der Waals surface area (Å²) < 4.78 is 4.75. The topological polar surface area (TPSA) is 78.9 Å². The Balaban J connectivity index is 2.28. The number of phenolic OH excluding ortho intramolecular Hbond substituents is 1. The molecular weight excluding hydrogens is 284 g/mol. The van der Waals surface area contributed by atoms with Crippen LogP contribution in [0.2, 0.25) is 0 Å². The molecule has 0 spiro atoms. The summed E-state index contributed by atoms with van der Waals surface area (Å²) in [5, 5.41) is 12.6. The van der Waals surface area contributed by atoms with Gasteiger partial charge < -0.3 is 20.1 Å². The second-order valence-corrected chi connectivity index (χ2v) is 5.80. The highest BCUT2D eigenvalue weighted by Crippen LogP contribution is 2.45. The van der Waals surface area contributed by atoms with Gasteiger partial charge in [0.25, 0.3) is 0 Å². The number of anilines is 1. The molecule has 2 atom stereocenters. The molecular formula is C16H22N2O4. The average molecular weight is 306 g/mol. The fraction of sp³-hybridized carbons (Fsp3) is 0.500. The zero-order chi connectivity index (χ0) is 16.5. The van der Waals surface area contributed by atoms with Crippen LogP contribution in [0.3, 0.4) is 0 Å². The monoisotopic (exact) mass is 306 g/mol. The minimum Gasteiger partial charge on any atom is -0.508 e. The van der Waals surface area contributed by atoms with Crippen molar-refractivity contribution in [3.8, 4) is 5.75 Å². The lowest BCUT2D eigenvalue weighted by Gasteiger charge is -2.25. The van der Waals surface area contributed by atoms with E-state index in [2.05, 4.69) is 5.32 Å². The molecule has 22 heavy (non-hydrogen) atoms. The van der Waals surface area contributed by atoms with E-state index in [1.165, 1.54) is 7.11 Å². The number of hydrogen-bond acceptors (Lipinski definition) is 5. The first-order valence-corrected chi connectivity index (χ1v) is 7.22. The Labute approximate surface area is 130 Å². The number of likely N-dealkylation sites (N-methyl/N-ethyl adjacent to an activating group) is 2. The molecule has 1 aliphatic heterocycles. The first kappa shape index (κ1) is 16.3. The highest BCUT2D eigenvalue weighted by Gasteiger charge is 2.46. The SMILES string of the molecule is CN[C@@H](CC[C@]1(C)C(=O)N(C)c2ccc(O)cc21)C(=O)OC. The third kappa shape index (κ3) is 2.54. The normalized spacial score (nSPS) is 21.6. The van der Waals surface area contributed by atoms with Gasteiger partial charge in [-0.05, 0) is 50.6 Å². The second-order valence-electron chi connectivity index (χ2n) is 5.80. The van der Waals surface area contributed by atoms with Crippen LogP contribution in [0.1, 0.15) is 25.3 Å². The first-order valence-electron chi connectivity index (χ1n) is 7.22. The Bertz CT molecular complexity index is 602. The van der Waals surface area contributed by atoms with Gasteiger partial charge in [-0.25, -0.2) is 0 Å². The van der Waals surface area contributed by atoms with Crippen LogP contribution < -0.4 is 10.2 Å². The standard InChI is InChI=1S/C16H22N2O4/c1-16(8-7-12(17-2)14(20)22-4)11-9-10(19)5-6-13(11)18(3)15(16)21/h5-6,9,12,17,19H,7-8H2,1-4H3/t12-,16-/m0/s1. The number of carbonyl (C=O) groups is 2. The van der Waals surface area contributed by atoms with E-state index in [1.807, 2.05) is 6.92 Å². The van der Waals surface area contributed by atoms with Crippen LogP contribution in [0, 0.1) is 0 Å². The Morgan fingerprint density at radius 2 is 2.18 bits per heavy atom. The molecule has 0 saturated carbocycles. The van der Waals surface area contributed by atoms with Gasteiger partial charge in [-0.3, -0.25) is 9.59 Å². The Morgan fingerprint density at radius 1 is 1.50 bits per heavy atom. The summed E-state index contributed by atoms with van der Waals surface area (Å²) >= 11 is 0. The van der Waals surface area contributed by atoms with Gasteiger partial charge in [0.1, 0.15) is 11.8 Å². The lowest BCUT2D eigenvalue weighted by molar-refractivity contribution is -0.143. The van der Waals surface area contributed by atoms with E-state index >= 15 is 0 Å². The van der Waals surface area contributed by atoms with Crippen molar-refractivity contribution in [2.75, 3.05) is 26.1 Å². The molecule has 2 N–H and O–H groups in total. The summed E-state index contributed by atoms with van der Waals surface area (Å²) in [5.41, 5.74) is 0.829. The van der Waals surface area contributed by atoms with Gasteiger partial charge in [0.05, 0.1) is 12.5 Å². The summed E-state index contributed by atoms with van der Waals surface area (Å²) in [6.07, 6.45) is 0.946. The van der Waals surface area contributed by atoms with Crippen LogP contribution >= 0.6 is 0 Å². The molecule has 0 aliphatic carbocycles. The molecule has 0 radical (unpaired) electrons. The van der Waals surface area contributed by atoms with E-state index < -0.39 is 11.5 Å². The Kier molecular flexibility index (Phi) is 4.42. The zero-order valence-corrected chi connectivity index (χ0v) is 13.3. The number of methoxy groups -OCH3 is 1. The summed E-state index contributed by atoms with van der Waals surface area (Å²) in [7, 11) is 4.75. The van der Waals surface area contributed by atoms with Gasteiger partial charge in [0.2, 0.25) is 5.91 Å². The molecule has 120 valence electrons. The van der Waals surface area contributed by atoms with E-state index in [0.717, 1.165) is 11.3 Å². The lowest BCUT2D eigenvalue weighted by atomic mass is 9.78. The minimum absolute atomic E-state index is 0.0344. The predicted octanol–water partition coefficient (Wildman–Crippen LogP) is 1.17. The second kappa shape index (κ2) is 5.96. The smallest absolute Gasteiger partial charge is 0.322 e. The number of nitrogens with zero attached hydrogens (tertiary/aromatic N) is 1. The Hall–Kier alpha value is -2.08. The number of phenols is 1. The highest BCUT2D eigenvalue weighted by molar-refractivity contribution is 6.07. The van der Waals surface area contributed by atoms with Crippen LogP contribution in [-0.4, -0.2) is 44.2 Å². The molecule has 6 heteroatoms. The molecule has 0 fully saturated rings. The van der Waals surface area contributed by atoms with Gasteiger partial charge in [-0.2, -0.15) is 0 Å². The molecule has 6 nitrogen and oxygen atoms in total. The summed E-state index contributed by atoms with van der Waals surface area (Å²) in [5.74, 6) is -0.250. The number of nitrogens with one attached hydrogen (secondary N) is 1. The Morgan fingerprint density at radius 3 is 2.77 bits per heavy atom. The van der Waals surface area contributed by atoms with Crippen molar-refractivity contribution in [2.45, 2.75) is 31.2 Å². The number of carbonyl (C=O) groups excluding carboxylic acids is 2. The maximum Gasteiger partial charge on any atom is 0.322 e. The van der Waals surface area contributed by atoms with Crippen LogP contribution in [0.25, 0.3) is 0 Å². The van der Waals surface area contributed by atoms with Crippen molar-refractivity contribution in [3.05, 3.63) is 23.8 Å². The molecule has 0 unspecified atom stereocenters. The van der Waals surface area contributed by atoms with Gasteiger partial charge in [-0.1, -0.05) is 0 Å². The van der Waals surface area contributed by atoms with Gasteiger partial charge in [-0.15, -0.1) is 0 Å². The van der Waals surface area contributed by atoms with E-state index in [4.69, 9.17) is 4.74 Å². The number of amides is 1. The van der Waals surface area contributed by atoms with Crippen LogP contribution in [-0.2, 0) is 19.7 Å². The predicted molar refractivity (Wildman–Crippen MR) is 83.0 cm³/mol. The number of esters is 1. The quantitative estimate of drug-likeness (QED) is 0.798. The van der Waals surface area contributed by atoms with Crippen molar-refractivity contribution in [3.63, 3.8) is 0 Å². The maximum atomic E-state index is 12.6. The van der Waals surface area contributed by atoms with Crippen molar-refractivity contribution < 1.29 is 19.4 Å². The van der Waals surface area contributed by atoms with Crippen molar-refractivity contribution in [2.24, 2.45) is 0 Å². The van der Waals surface area contributed by atoms with Gasteiger partial charge in [0, 0.05) is 12.7 Å². The fourth-order valence-corrected chi connectivity index (χ4v) is 3.05. The first-order chi connectivity index (χ1) is 10.3. The summed E-state index contributed by atoms with van der Waals surface area (Å²) in [4.78, 5) is 25.9. The van der Waals surface area contributed by atoms with E-state index in [9.17, 15) is 14.7 Å². The van der Waals surface area contributed by atoms with Crippen LogP contribution in [0.4, 0.5) is 5.69 Å². The number of benzene rings is 1. The van der Waals surface area contributed by atoms with Crippen LogP contribution in [0.15, 0.2) is 18.2 Å². The van der Waals surface area contributed by atoms with E-state index in [0.29, 0.717) is 12.8 Å². The molecule has 1 aliphatic rings. The van der Waals surface area contributed by atoms with Crippen LogP contribution in [0.5, 0.6) is 5.75 Å². The highest BCUT2D eigenvalue weighted by atomic mass is 16.5. The molecule has 1 amide bonds. The minimum atomic E-state index is -0.758. The molecule has 1 aromatic rings.